The van der Waals surface area contributed by atoms with Crippen LogP contribution in [0.5, 0.6) is 0 Å². The molecule has 0 bridgehead atoms. The Morgan fingerprint density at radius 2 is 0.833 bits per heavy atom. The fourth-order valence-corrected chi connectivity index (χ4v) is 32.5. The van der Waals surface area contributed by atoms with Crippen molar-refractivity contribution in [2.45, 2.75) is 106 Å². The molecule has 2 atom stereocenters. The zero-order chi connectivity index (χ0) is 39.3. The van der Waals surface area contributed by atoms with E-state index in [-0.39, 0.29) is 24.8 Å². The van der Waals surface area contributed by atoms with Crippen molar-refractivity contribution in [2.24, 2.45) is 11.8 Å². The maximum atomic E-state index is 2.91. The van der Waals surface area contributed by atoms with Gasteiger partial charge in [0.2, 0.25) is 0 Å². The van der Waals surface area contributed by atoms with Crippen molar-refractivity contribution in [3.05, 3.63) is 155 Å². The minimum atomic E-state index is -3.91. The molecule has 0 saturated heterocycles. The zero-order valence-corrected chi connectivity index (χ0v) is 41.4. The van der Waals surface area contributed by atoms with E-state index in [0.717, 1.165) is 11.8 Å². The number of hydrogen-bond acceptors (Lipinski definition) is 0. The summed E-state index contributed by atoms with van der Waals surface area (Å²) < 4.78 is 6.89. The van der Waals surface area contributed by atoms with Gasteiger partial charge in [-0.15, -0.1) is 24.8 Å². The van der Waals surface area contributed by atoms with Gasteiger partial charge < -0.3 is 0 Å². The van der Waals surface area contributed by atoms with Gasteiger partial charge in [-0.05, 0) is 0 Å². The topological polar surface area (TPSA) is 0 Å². The SMILES string of the molecule is Cl.Cl.[CH3][Zr]([CH3])(=[SiH2])([CH]1C(CC2CCCCCC2)=Cc2c(-c3ccc4ccccc4c3)cccc21)[CH]1C(CC2CCCCCC2)=Cc2c(-c3ccc4ccccc4c3)cccc21. The van der Waals surface area contributed by atoms with Crippen molar-refractivity contribution in [1.29, 1.82) is 0 Å². The summed E-state index contributed by atoms with van der Waals surface area (Å²) in [5, 5.41) is 5.31. The third-order valence-electron chi connectivity index (χ3n) is 15.3. The Morgan fingerprint density at radius 1 is 0.450 bits per heavy atom. The first kappa shape index (κ1) is 43.6. The van der Waals surface area contributed by atoms with E-state index < -0.39 is 17.4 Å². The Morgan fingerprint density at radius 3 is 1.23 bits per heavy atom. The quantitative estimate of drug-likeness (QED) is 0.105. The fourth-order valence-electron chi connectivity index (χ4n) is 12.7. The maximum absolute atomic E-state index is 3.91. The average molecular weight is 927 g/mol. The molecule has 6 aromatic rings. The molecule has 2 unspecified atom stereocenters. The molecule has 2 saturated carbocycles. The number of allylic oxidation sites excluding steroid dienone is 2. The number of rotatable bonds is 8. The third-order valence-corrected chi connectivity index (χ3v) is 32.8. The molecule has 4 aliphatic rings. The summed E-state index contributed by atoms with van der Waals surface area (Å²) in [6, 6.07) is 46.9. The summed E-state index contributed by atoms with van der Waals surface area (Å²) in [6.07, 6.45) is 25.0. The van der Waals surface area contributed by atoms with Crippen LogP contribution in [0.15, 0.2) is 132 Å². The van der Waals surface area contributed by atoms with E-state index in [1.54, 1.807) is 22.3 Å². The van der Waals surface area contributed by atoms with Crippen molar-refractivity contribution in [2.75, 3.05) is 0 Å². The van der Waals surface area contributed by atoms with Gasteiger partial charge in [0, 0.05) is 0 Å². The first-order valence-electron chi connectivity index (χ1n) is 23.0. The molecule has 0 N–H and O–H groups in total. The summed E-state index contributed by atoms with van der Waals surface area (Å²) in [7, 11) is 0. The summed E-state index contributed by atoms with van der Waals surface area (Å²) in [4.78, 5) is 0. The summed E-state index contributed by atoms with van der Waals surface area (Å²) >= 11 is -3.91. The second-order valence-corrected chi connectivity index (χ2v) is 50.6. The average Bonchev–Trinajstić information content (AvgIpc) is 3.55. The molecule has 60 heavy (non-hydrogen) atoms. The van der Waals surface area contributed by atoms with Crippen LogP contribution in [0.25, 0.3) is 56.0 Å². The van der Waals surface area contributed by atoms with Crippen LogP contribution in [0.1, 0.15) is 119 Å². The van der Waals surface area contributed by atoms with Crippen LogP contribution in [-0.2, 0) is 17.4 Å². The molecule has 0 aromatic heterocycles. The van der Waals surface area contributed by atoms with Crippen molar-refractivity contribution >= 4 is 65.4 Å². The van der Waals surface area contributed by atoms with Gasteiger partial charge in [0.05, 0.1) is 0 Å². The monoisotopic (exact) mass is 924 g/mol. The number of hydrogen-bond donors (Lipinski definition) is 0. The van der Waals surface area contributed by atoms with E-state index in [1.807, 2.05) is 0 Å². The molecule has 4 aliphatic carbocycles. The van der Waals surface area contributed by atoms with Crippen molar-refractivity contribution in [1.82, 2.24) is 0 Å². The van der Waals surface area contributed by atoms with Crippen LogP contribution in [0.3, 0.4) is 0 Å². The third kappa shape index (κ3) is 8.30. The second-order valence-electron chi connectivity index (χ2n) is 20.1. The van der Waals surface area contributed by atoms with Gasteiger partial charge in [-0.3, -0.25) is 0 Å². The van der Waals surface area contributed by atoms with Gasteiger partial charge in [-0.2, -0.15) is 0 Å². The van der Waals surface area contributed by atoms with Gasteiger partial charge in [0.15, 0.2) is 0 Å². The molecule has 0 spiro atoms. The van der Waals surface area contributed by atoms with Crippen LogP contribution in [0.2, 0.25) is 9.26 Å². The van der Waals surface area contributed by atoms with Crippen LogP contribution in [0, 0.1) is 11.8 Å². The van der Waals surface area contributed by atoms with E-state index in [9.17, 15) is 0 Å². The fraction of sp³-hybridized carbons (Fsp3) is 0.357. The first-order valence-corrected chi connectivity index (χ1v) is 36.7. The van der Waals surface area contributed by atoms with E-state index in [4.69, 9.17) is 0 Å². The van der Waals surface area contributed by atoms with Gasteiger partial charge in [-0.25, -0.2) is 0 Å². The number of benzene rings is 6. The van der Waals surface area contributed by atoms with Crippen molar-refractivity contribution in [3.8, 4) is 22.3 Å². The molecule has 4 heteroatoms. The summed E-state index contributed by atoms with van der Waals surface area (Å²) in [6.45, 7) is 2.57. The molecule has 0 nitrogen and oxygen atoms in total. The Kier molecular flexibility index (Phi) is 13.1. The summed E-state index contributed by atoms with van der Waals surface area (Å²) in [5.41, 5.74) is 15.5. The minimum absolute atomic E-state index is 0. The number of halogens is 2. The predicted octanol–water partition coefficient (Wildman–Crippen LogP) is 16.8. The predicted molar refractivity (Wildman–Crippen MR) is 267 cm³/mol. The summed E-state index contributed by atoms with van der Waals surface area (Å²) in [5.74, 6) is 1.61. The molecule has 0 heterocycles. The van der Waals surface area contributed by atoms with E-state index in [1.165, 1.54) is 145 Å². The Labute approximate surface area is 375 Å². The Bertz CT molecular complexity index is 2470. The molecular formula is C56H64Cl2SiZr. The second kappa shape index (κ2) is 18.0. The standard InChI is InChI=1S/2C27H27.2CH3.2ClH.H2Si.Zr/c2*1-2-4-9-20(8-3-1)16-21-17-24-12-7-13-26(27(24)18-21)25-15-14-22-10-5-6-11-23(22)19-25;;;;;;/h2*5-7,10-15,17-20H,1-4,8-9,16H2;2*1H3;2*1H;1H2;. The normalized spacial score (nSPS) is 20.0. The van der Waals surface area contributed by atoms with Gasteiger partial charge in [-0.1, -0.05) is 0 Å². The molecule has 0 radical (unpaired) electrons. The van der Waals surface area contributed by atoms with Crippen LogP contribution < -0.4 is 0 Å². The van der Waals surface area contributed by atoms with Crippen molar-refractivity contribution in [3.63, 3.8) is 0 Å². The molecular weight excluding hydrogens is 863 g/mol. The molecule has 0 amide bonds. The first-order chi connectivity index (χ1) is 28.3. The Hall–Kier alpha value is -3.00. The zero-order valence-electron chi connectivity index (χ0n) is 35.9. The van der Waals surface area contributed by atoms with E-state index >= 15 is 0 Å². The van der Waals surface area contributed by atoms with Crippen LogP contribution in [0.4, 0.5) is 0 Å². The molecule has 2 fully saturated rings. The van der Waals surface area contributed by atoms with Gasteiger partial charge in [0.1, 0.15) is 0 Å². The van der Waals surface area contributed by atoms with Gasteiger partial charge in [0.25, 0.3) is 0 Å². The van der Waals surface area contributed by atoms with Gasteiger partial charge >= 0.3 is 353 Å². The molecule has 6 aromatic carbocycles. The van der Waals surface area contributed by atoms with E-state index in [0.29, 0.717) is 7.25 Å². The molecule has 310 valence electrons. The molecule has 0 aliphatic heterocycles. The van der Waals surface area contributed by atoms with E-state index in [2.05, 4.69) is 150 Å². The Balaban J connectivity index is 0.00000249. The molecule has 10 rings (SSSR count). The number of fused-ring (bicyclic) bond motifs is 4. The van der Waals surface area contributed by atoms with Crippen LogP contribution in [-0.4, -0.2) is 6.88 Å². The van der Waals surface area contributed by atoms with Crippen LogP contribution >= 0.6 is 24.8 Å². The van der Waals surface area contributed by atoms with Crippen molar-refractivity contribution < 1.29 is 17.4 Å².